The van der Waals surface area contributed by atoms with Crippen molar-refractivity contribution in [2.24, 2.45) is 0 Å². The maximum Gasteiger partial charge on any atom is 0.256 e. The maximum absolute atomic E-state index is 12.7. The van der Waals surface area contributed by atoms with Crippen molar-refractivity contribution >= 4 is 23.4 Å². The van der Waals surface area contributed by atoms with Crippen molar-refractivity contribution in [1.29, 1.82) is 0 Å². The van der Waals surface area contributed by atoms with Crippen LogP contribution in [0.5, 0.6) is 0 Å². The van der Waals surface area contributed by atoms with Gasteiger partial charge in [-0.25, -0.2) is 0 Å². The number of carbonyl (C=O) groups excluding carboxylic acids is 2. The molecule has 2 heterocycles. The van der Waals surface area contributed by atoms with E-state index in [1.165, 1.54) is 0 Å². The summed E-state index contributed by atoms with van der Waals surface area (Å²) in [6.07, 6.45) is 2.56. The van der Waals surface area contributed by atoms with Crippen LogP contribution in [0.25, 0.3) is 0 Å². The Bertz CT molecular complexity index is 622. The average Bonchev–Trinajstić information content (AvgIpc) is 2.69. The molecule has 3 rings (SSSR count). The Morgan fingerprint density at radius 2 is 2.13 bits per heavy atom. The van der Waals surface area contributed by atoms with E-state index >= 15 is 0 Å². The van der Waals surface area contributed by atoms with Crippen molar-refractivity contribution in [3.8, 4) is 0 Å². The first-order valence-corrected chi connectivity index (χ1v) is 8.34. The molecule has 0 aliphatic carbocycles. The fraction of sp³-hybridized carbons (Fsp3) is 0.529. The number of ether oxygens (including phenoxy) is 1. The number of amides is 2. The zero-order chi connectivity index (χ0) is 16.4. The fourth-order valence-corrected chi connectivity index (χ4v) is 3.55. The molecule has 2 amide bonds. The van der Waals surface area contributed by atoms with Gasteiger partial charge in [0.1, 0.15) is 0 Å². The first-order chi connectivity index (χ1) is 11.0. The van der Waals surface area contributed by atoms with Gasteiger partial charge >= 0.3 is 0 Å². The van der Waals surface area contributed by atoms with Gasteiger partial charge in [-0.15, -0.1) is 0 Å². The lowest BCUT2D eigenvalue weighted by molar-refractivity contribution is -0.166. The van der Waals surface area contributed by atoms with Crippen molar-refractivity contribution in [3.63, 3.8) is 0 Å². The predicted molar refractivity (Wildman–Crippen MR) is 87.5 cm³/mol. The fourth-order valence-electron chi connectivity index (χ4n) is 3.36. The molecule has 2 saturated heterocycles. The van der Waals surface area contributed by atoms with Crippen molar-refractivity contribution in [2.45, 2.75) is 24.9 Å². The molecule has 5 nitrogen and oxygen atoms in total. The molecule has 1 atom stereocenters. The highest BCUT2D eigenvalue weighted by Gasteiger charge is 2.47. The zero-order valence-electron chi connectivity index (χ0n) is 13.3. The van der Waals surface area contributed by atoms with E-state index in [0.717, 1.165) is 19.4 Å². The summed E-state index contributed by atoms with van der Waals surface area (Å²) in [5, 5.41) is 0.532. The predicted octanol–water partition coefficient (Wildman–Crippen LogP) is 2.19. The third kappa shape index (κ3) is 3.21. The van der Waals surface area contributed by atoms with Gasteiger partial charge in [0.05, 0.1) is 13.2 Å². The van der Waals surface area contributed by atoms with Gasteiger partial charge in [-0.05, 0) is 37.5 Å². The molecule has 1 spiro atoms. The topological polar surface area (TPSA) is 49.9 Å². The Morgan fingerprint density at radius 3 is 2.91 bits per heavy atom. The van der Waals surface area contributed by atoms with Gasteiger partial charge in [0.2, 0.25) is 0 Å². The number of benzene rings is 1. The second kappa shape index (κ2) is 6.49. The average molecular weight is 337 g/mol. The number of hydrogen-bond donors (Lipinski definition) is 0. The number of carbonyl (C=O) groups is 2. The van der Waals surface area contributed by atoms with Gasteiger partial charge < -0.3 is 14.5 Å². The molecular weight excluding hydrogens is 316 g/mol. The standard InChI is InChI=1S/C17H21ClN2O3/c1-19-8-3-2-7-17(16(19)22)12-20(9-10-23-17)15(21)13-5-4-6-14(18)11-13/h4-6,11H,2-3,7-10,12H2,1H3. The van der Waals surface area contributed by atoms with E-state index in [-0.39, 0.29) is 11.8 Å². The molecule has 1 aromatic carbocycles. The summed E-state index contributed by atoms with van der Waals surface area (Å²) in [6, 6.07) is 6.91. The number of likely N-dealkylation sites (tertiary alicyclic amines) is 1. The Balaban J connectivity index is 1.82. The molecule has 6 heteroatoms. The van der Waals surface area contributed by atoms with E-state index in [2.05, 4.69) is 0 Å². The lowest BCUT2D eigenvalue weighted by Crippen LogP contribution is -2.60. The number of nitrogens with zero attached hydrogens (tertiary/aromatic N) is 2. The molecule has 0 radical (unpaired) electrons. The van der Waals surface area contributed by atoms with E-state index in [1.807, 2.05) is 0 Å². The number of likely N-dealkylation sites (N-methyl/N-ethyl adjacent to an activating group) is 1. The summed E-state index contributed by atoms with van der Waals surface area (Å²) in [5.74, 6) is -0.117. The second-order valence-corrected chi connectivity index (χ2v) is 6.70. The summed E-state index contributed by atoms with van der Waals surface area (Å²) in [7, 11) is 1.80. The van der Waals surface area contributed by atoms with Crippen LogP contribution in [0.1, 0.15) is 29.6 Å². The van der Waals surface area contributed by atoms with Gasteiger partial charge in [-0.3, -0.25) is 9.59 Å². The SMILES string of the molecule is CN1CCCCC2(CN(C(=O)c3cccc(Cl)c3)CCO2)C1=O. The minimum absolute atomic E-state index is 0.0152. The largest absolute Gasteiger partial charge is 0.361 e. The minimum atomic E-state index is -0.891. The van der Waals surface area contributed by atoms with Gasteiger partial charge in [0.25, 0.3) is 11.8 Å². The van der Waals surface area contributed by atoms with Crippen LogP contribution in [-0.4, -0.2) is 60.5 Å². The smallest absolute Gasteiger partial charge is 0.256 e. The Hall–Kier alpha value is -1.59. The highest BCUT2D eigenvalue weighted by atomic mass is 35.5. The van der Waals surface area contributed by atoms with E-state index in [4.69, 9.17) is 16.3 Å². The van der Waals surface area contributed by atoms with E-state index in [1.54, 1.807) is 41.1 Å². The summed E-state index contributed by atoms with van der Waals surface area (Å²) in [4.78, 5) is 28.9. The molecule has 124 valence electrons. The highest BCUT2D eigenvalue weighted by molar-refractivity contribution is 6.30. The first kappa shape index (κ1) is 16.3. The first-order valence-electron chi connectivity index (χ1n) is 7.96. The Kier molecular flexibility index (Phi) is 4.60. The van der Waals surface area contributed by atoms with Crippen molar-refractivity contribution in [2.75, 3.05) is 33.3 Å². The van der Waals surface area contributed by atoms with Crippen LogP contribution in [0, 0.1) is 0 Å². The van der Waals surface area contributed by atoms with Gasteiger partial charge in [0, 0.05) is 30.7 Å². The lowest BCUT2D eigenvalue weighted by Gasteiger charge is -2.42. The van der Waals surface area contributed by atoms with Gasteiger partial charge in [-0.2, -0.15) is 0 Å². The van der Waals surface area contributed by atoms with Crippen LogP contribution < -0.4 is 0 Å². The van der Waals surface area contributed by atoms with Crippen LogP contribution in [0.2, 0.25) is 5.02 Å². The third-order valence-electron chi connectivity index (χ3n) is 4.61. The molecule has 0 N–H and O–H groups in total. The third-order valence-corrected chi connectivity index (χ3v) is 4.84. The van der Waals surface area contributed by atoms with Crippen LogP contribution >= 0.6 is 11.6 Å². The molecule has 2 aliphatic heterocycles. The molecule has 1 unspecified atom stereocenters. The second-order valence-electron chi connectivity index (χ2n) is 6.26. The molecule has 0 saturated carbocycles. The maximum atomic E-state index is 12.7. The summed E-state index contributed by atoms with van der Waals surface area (Å²) in [5.41, 5.74) is -0.346. The van der Waals surface area contributed by atoms with Crippen LogP contribution in [0.3, 0.4) is 0 Å². The summed E-state index contributed by atoms with van der Waals surface area (Å²) < 4.78 is 5.90. The quantitative estimate of drug-likeness (QED) is 0.790. The van der Waals surface area contributed by atoms with Gasteiger partial charge in [-0.1, -0.05) is 17.7 Å². The monoisotopic (exact) mass is 336 g/mol. The van der Waals surface area contributed by atoms with Crippen molar-refractivity contribution < 1.29 is 14.3 Å². The van der Waals surface area contributed by atoms with E-state index in [9.17, 15) is 9.59 Å². The lowest BCUT2D eigenvalue weighted by atomic mass is 9.94. The molecule has 0 bridgehead atoms. The number of hydrogen-bond acceptors (Lipinski definition) is 3. The van der Waals surface area contributed by atoms with E-state index < -0.39 is 5.60 Å². The zero-order valence-corrected chi connectivity index (χ0v) is 14.0. The summed E-state index contributed by atoms with van der Waals surface area (Å²) in [6.45, 7) is 1.92. The van der Waals surface area contributed by atoms with Crippen LogP contribution in [-0.2, 0) is 9.53 Å². The molecular formula is C17H21ClN2O3. The van der Waals surface area contributed by atoms with Crippen molar-refractivity contribution in [3.05, 3.63) is 34.9 Å². The number of halogens is 1. The summed E-state index contributed by atoms with van der Waals surface area (Å²) >= 11 is 5.98. The number of rotatable bonds is 1. The normalized spacial score (nSPS) is 25.6. The molecule has 1 aromatic rings. The Morgan fingerprint density at radius 1 is 1.30 bits per heavy atom. The molecule has 23 heavy (non-hydrogen) atoms. The van der Waals surface area contributed by atoms with Gasteiger partial charge in [0.15, 0.2) is 5.60 Å². The number of morpholine rings is 1. The van der Waals surface area contributed by atoms with Crippen molar-refractivity contribution in [1.82, 2.24) is 9.80 Å². The van der Waals surface area contributed by atoms with Crippen LogP contribution in [0.15, 0.2) is 24.3 Å². The Labute approximate surface area is 141 Å². The molecule has 2 fully saturated rings. The highest BCUT2D eigenvalue weighted by Crippen LogP contribution is 2.30. The molecule has 2 aliphatic rings. The minimum Gasteiger partial charge on any atom is -0.361 e. The van der Waals surface area contributed by atoms with Crippen LogP contribution in [0.4, 0.5) is 0 Å². The van der Waals surface area contributed by atoms with E-state index in [0.29, 0.717) is 36.7 Å². The molecule has 0 aromatic heterocycles.